The smallest absolute Gasteiger partial charge is 0.339 e. The normalized spacial score (nSPS) is 11.9. The van der Waals surface area contributed by atoms with Gasteiger partial charge < -0.3 is 10.1 Å². The number of aromatic nitrogens is 1. The first kappa shape index (κ1) is 18.1. The predicted octanol–water partition coefficient (Wildman–Crippen LogP) is 4.03. The topological polar surface area (TPSA) is 68.3 Å². The third kappa shape index (κ3) is 4.08. The van der Waals surface area contributed by atoms with Gasteiger partial charge >= 0.3 is 5.97 Å². The number of fused-ring (bicyclic) bond motifs is 1. The lowest BCUT2D eigenvalue weighted by Crippen LogP contribution is -2.35. The van der Waals surface area contributed by atoms with Crippen LogP contribution in [0.2, 0.25) is 0 Å². The summed E-state index contributed by atoms with van der Waals surface area (Å²) in [5.74, 6) is -0.828. The summed E-state index contributed by atoms with van der Waals surface area (Å²) in [6.07, 6.45) is 0.818. The average Bonchev–Trinajstić information content (AvgIpc) is 3.20. The van der Waals surface area contributed by atoms with Gasteiger partial charge in [-0.15, -0.1) is 11.3 Å². The maximum absolute atomic E-state index is 12.6. The first-order valence-corrected chi connectivity index (χ1v) is 9.36. The molecular weight excluding hydrogens is 348 g/mol. The molecular formula is C20H20N2O3S. The number of hydrogen-bond donors (Lipinski definition) is 1. The minimum atomic E-state index is -0.527. The molecule has 6 heteroatoms. The number of esters is 1. The van der Waals surface area contributed by atoms with E-state index in [2.05, 4.69) is 10.3 Å². The summed E-state index contributed by atoms with van der Waals surface area (Å²) < 4.78 is 5.24. The molecule has 1 aromatic carbocycles. The van der Waals surface area contributed by atoms with Crippen molar-refractivity contribution in [3.8, 4) is 10.6 Å². The monoisotopic (exact) mass is 368 g/mol. The Labute approximate surface area is 156 Å². The van der Waals surface area contributed by atoms with Gasteiger partial charge in [-0.2, -0.15) is 0 Å². The van der Waals surface area contributed by atoms with Crippen molar-refractivity contribution in [3.63, 3.8) is 0 Å². The molecule has 0 radical (unpaired) electrons. The standard InChI is InChI=1S/C20H20N2O3S/c1-3-13(2)21-19(23)12-25-20(24)15-11-17(18-9-6-10-26-18)22-16-8-5-4-7-14(15)16/h4-11,13H,3,12H2,1-2H3,(H,21,23). The van der Waals surface area contributed by atoms with Gasteiger partial charge in [-0.25, -0.2) is 9.78 Å². The summed E-state index contributed by atoms with van der Waals surface area (Å²) in [6.45, 7) is 3.59. The molecule has 1 unspecified atom stereocenters. The van der Waals surface area contributed by atoms with Crippen LogP contribution in [0.15, 0.2) is 47.8 Å². The van der Waals surface area contributed by atoms with Gasteiger partial charge in [0.15, 0.2) is 6.61 Å². The van der Waals surface area contributed by atoms with Crippen LogP contribution in [0.4, 0.5) is 0 Å². The number of para-hydroxylation sites is 1. The highest BCUT2D eigenvalue weighted by atomic mass is 32.1. The van der Waals surface area contributed by atoms with Crippen molar-refractivity contribution < 1.29 is 14.3 Å². The quantitative estimate of drug-likeness (QED) is 0.667. The van der Waals surface area contributed by atoms with E-state index < -0.39 is 5.97 Å². The van der Waals surface area contributed by atoms with Crippen molar-refractivity contribution in [1.82, 2.24) is 10.3 Å². The van der Waals surface area contributed by atoms with Crippen molar-refractivity contribution in [2.24, 2.45) is 0 Å². The Balaban J connectivity index is 1.86. The zero-order valence-electron chi connectivity index (χ0n) is 14.7. The van der Waals surface area contributed by atoms with E-state index in [4.69, 9.17) is 4.74 Å². The van der Waals surface area contributed by atoms with E-state index in [-0.39, 0.29) is 18.6 Å². The number of ether oxygens (including phenoxy) is 1. The van der Waals surface area contributed by atoms with Crippen LogP contribution in [0, 0.1) is 0 Å². The Kier molecular flexibility index (Phi) is 5.63. The van der Waals surface area contributed by atoms with Gasteiger partial charge in [0, 0.05) is 11.4 Å². The molecule has 134 valence electrons. The number of nitrogens with one attached hydrogen (secondary N) is 1. The van der Waals surface area contributed by atoms with Crippen molar-refractivity contribution >= 4 is 34.1 Å². The van der Waals surface area contributed by atoms with E-state index in [1.807, 2.05) is 55.6 Å². The summed E-state index contributed by atoms with van der Waals surface area (Å²) in [6, 6.07) is 13.1. The van der Waals surface area contributed by atoms with Gasteiger partial charge in [-0.05, 0) is 36.9 Å². The molecule has 2 heterocycles. The summed E-state index contributed by atoms with van der Waals surface area (Å²) in [7, 11) is 0. The van der Waals surface area contributed by atoms with Crippen molar-refractivity contribution in [2.45, 2.75) is 26.3 Å². The SMILES string of the molecule is CCC(C)NC(=O)COC(=O)c1cc(-c2cccs2)nc2ccccc12. The lowest BCUT2D eigenvalue weighted by molar-refractivity contribution is -0.124. The molecule has 0 saturated heterocycles. The van der Waals surface area contributed by atoms with Gasteiger partial charge in [0.05, 0.1) is 21.7 Å². The molecule has 0 aliphatic rings. The van der Waals surface area contributed by atoms with E-state index in [0.717, 1.165) is 22.5 Å². The fourth-order valence-corrected chi connectivity index (χ4v) is 3.21. The number of rotatable bonds is 6. The zero-order chi connectivity index (χ0) is 18.5. The largest absolute Gasteiger partial charge is 0.452 e. The van der Waals surface area contributed by atoms with E-state index in [0.29, 0.717) is 10.9 Å². The van der Waals surface area contributed by atoms with Crippen LogP contribution in [-0.2, 0) is 9.53 Å². The first-order valence-electron chi connectivity index (χ1n) is 8.48. The minimum absolute atomic E-state index is 0.0494. The molecule has 0 aliphatic carbocycles. The van der Waals surface area contributed by atoms with Crippen LogP contribution in [0.3, 0.4) is 0 Å². The lowest BCUT2D eigenvalue weighted by atomic mass is 10.1. The Morgan fingerprint density at radius 3 is 2.77 bits per heavy atom. The molecule has 3 rings (SSSR count). The highest BCUT2D eigenvalue weighted by Crippen LogP contribution is 2.28. The van der Waals surface area contributed by atoms with E-state index in [1.165, 1.54) is 0 Å². The Morgan fingerprint density at radius 2 is 2.04 bits per heavy atom. The molecule has 5 nitrogen and oxygen atoms in total. The molecule has 0 saturated carbocycles. The van der Waals surface area contributed by atoms with Gasteiger partial charge in [0.25, 0.3) is 5.91 Å². The van der Waals surface area contributed by atoms with E-state index in [1.54, 1.807) is 17.4 Å². The number of carbonyl (C=O) groups excluding carboxylic acids is 2. The molecule has 0 spiro atoms. The maximum atomic E-state index is 12.6. The summed E-state index contributed by atoms with van der Waals surface area (Å²) in [5.41, 5.74) is 1.85. The van der Waals surface area contributed by atoms with Crippen molar-refractivity contribution in [2.75, 3.05) is 6.61 Å². The van der Waals surface area contributed by atoms with Gasteiger partial charge in [0.2, 0.25) is 0 Å². The molecule has 0 aliphatic heterocycles. The Morgan fingerprint density at radius 1 is 1.23 bits per heavy atom. The third-order valence-electron chi connectivity index (χ3n) is 4.06. The predicted molar refractivity (Wildman–Crippen MR) is 103 cm³/mol. The lowest BCUT2D eigenvalue weighted by Gasteiger charge is -2.12. The van der Waals surface area contributed by atoms with Crippen LogP contribution in [0.5, 0.6) is 0 Å². The van der Waals surface area contributed by atoms with Crippen LogP contribution in [-0.4, -0.2) is 29.5 Å². The average molecular weight is 368 g/mol. The number of pyridine rings is 1. The third-order valence-corrected chi connectivity index (χ3v) is 4.96. The second-order valence-electron chi connectivity index (χ2n) is 6.00. The van der Waals surface area contributed by atoms with Gasteiger partial charge in [0.1, 0.15) is 0 Å². The molecule has 3 aromatic rings. The summed E-state index contributed by atoms with van der Waals surface area (Å²) in [4.78, 5) is 30.1. The van der Waals surface area contributed by atoms with Crippen molar-refractivity contribution in [3.05, 3.63) is 53.4 Å². The van der Waals surface area contributed by atoms with Crippen molar-refractivity contribution in [1.29, 1.82) is 0 Å². The number of benzene rings is 1. The van der Waals surface area contributed by atoms with Crippen LogP contribution in [0.1, 0.15) is 30.6 Å². The number of hydrogen-bond acceptors (Lipinski definition) is 5. The number of amides is 1. The fraction of sp³-hybridized carbons (Fsp3) is 0.250. The van der Waals surface area contributed by atoms with Gasteiger partial charge in [-0.1, -0.05) is 31.2 Å². The van der Waals surface area contributed by atoms with Crippen LogP contribution in [0.25, 0.3) is 21.5 Å². The molecule has 1 amide bonds. The second-order valence-corrected chi connectivity index (χ2v) is 6.95. The first-order chi connectivity index (χ1) is 12.6. The number of carbonyl (C=O) groups is 2. The number of nitrogens with zero attached hydrogens (tertiary/aromatic N) is 1. The van der Waals surface area contributed by atoms with Gasteiger partial charge in [-0.3, -0.25) is 4.79 Å². The highest BCUT2D eigenvalue weighted by molar-refractivity contribution is 7.13. The molecule has 26 heavy (non-hydrogen) atoms. The number of thiophene rings is 1. The molecule has 0 fully saturated rings. The molecule has 1 N–H and O–H groups in total. The Hall–Kier alpha value is -2.73. The zero-order valence-corrected chi connectivity index (χ0v) is 15.5. The summed E-state index contributed by atoms with van der Waals surface area (Å²) >= 11 is 1.55. The fourth-order valence-electron chi connectivity index (χ4n) is 2.52. The minimum Gasteiger partial charge on any atom is -0.452 e. The molecule has 1 atom stereocenters. The Bertz CT molecular complexity index is 922. The van der Waals surface area contributed by atoms with E-state index in [9.17, 15) is 9.59 Å². The highest BCUT2D eigenvalue weighted by Gasteiger charge is 2.17. The van der Waals surface area contributed by atoms with Crippen LogP contribution < -0.4 is 5.32 Å². The second kappa shape index (κ2) is 8.10. The maximum Gasteiger partial charge on any atom is 0.339 e. The van der Waals surface area contributed by atoms with Crippen LogP contribution >= 0.6 is 11.3 Å². The molecule has 0 bridgehead atoms. The summed E-state index contributed by atoms with van der Waals surface area (Å²) in [5, 5.41) is 5.45. The molecule has 2 aromatic heterocycles. The van der Waals surface area contributed by atoms with E-state index >= 15 is 0 Å².